The Morgan fingerprint density at radius 2 is 2.18 bits per heavy atom. The Labute approximate surface area is 109 Å². The van der Waals surface area contributed by atoms with E-state index in [0.717, 1.165) is 0 Å². The normalized spacial score (nSPS) is 14.2. The zero-order valence-corrected chi connectivity index (χ0v) is 9.71. The molecule has 3 nitrogen and oxygen atoms in total. The first-order valence-electron chi connectivity index (χ1n) is 6.96. The molecule has 0 unspecified atom stereocenters. The molecule has 0 aliphatic heterocycles. The lowest BCUT2D eigenvalue weighted by Gasteiger charge is -1.98. The Bertz CT molecular complexity index is 876. The summed E-state index contributed by atoms with van der Waals surface area (Å²) < 4.78 is 33.4. The van der Waals surface area contributed by atoms with E-state index in [1.54, 1.807) is 23.9 Å². The van der Waals surface area contributed by atoms with Gasteiger partial charge in [0.25, 0.3) is 0 Å². The molecule has 0 aliphatic rings. The zero-order valence-electron chi connectivity index (χ0n) is 13.0. The van der Waals surface area contributed by atoms with Gasteiger partial charge in [0.15, 0.2) is 0 Å². The molecule has 3 aromatic rings. The van der Waals surface area contributed by atoms with Crippen molar-refractivity contribution in [3.8, 4) is 11.3 Å². The van der Waals surface area contributed by atoms with Crippen molar-refractivity contribution in [1.29, 1.82) is 0 Å². The number of fused-ring (bicyclic) bond motifs is 1. The maximum atomic E-state index is 8.10. The van der Waals surface area contributed by atoms with Gasteiger partial charge in [-0.3, -0.25) is 0 Å². The molecule has 3 rings (SSSR count). The van der Waals surface area contributed by atoms with Gasteiger partial charge in [-0.15, -0.1) is 0 Å². The van der Waals surface area contributed by atoms with Crippen molar-refractivity contribution in [2.45, 2.75) is 0 Å². The van der Waals surface area contributed by atoms with Crippen LogP contribution in [0, 0.1) is 0 Å². The molecule has 0 bridgehead atoms. The smallest absolute Gasteiger partial charge is 0.222 e. The molecule has 0 radical (unpaired) electrons. The quantitative estimate of drug-likeness (QED) is 0.618. The molecule has 17 heavy (non-hydrogen) atoms. The molecule has 0 saturated carbocycles. The third kappa shape index (κ3) is 1.68. The minimum absolute atomic E-state index is 0.0695. The Morgan fingerprint density at radius 3 is 3.00 bits per heavy atom. The van der Waals surface area contributed by atoms with Crippen molar-refractivity contribution < 1.29 is 5.48 Å². The van der Waals surface area contributed by atoms with Crippen LogP contribution in [0.2, 0.25) is 5.28 Å². The number of para-hydroxylation sites is 1. The second-order valence-corrected chi connectivity index (χ2v) is 3.93. The van der Waals surface area contributed by atoms with E-state index in [1.165, 1.54) is 6.20 Å². The van der Waals surface area contributed by atoms with Gasteiger partial charge in [0.2, 0.25) is 5.28 Å². The second-order valence-electron chi connectivity index (χ2n) is 3.59. The van der Waals surface area contributed by atoms with E-state index in [0.29, 0.717) is 22.2 Å². The molecule has 0 aliphatic carbocycles. The summed E-state index contributed by atoms with van der Waals surface area (Å²) in [5, 5.41) is 0.517. The molecule has 1 aromatic carbocycles. The van der Waals surface area contributed by atoms with Crippen LogP contribution >= 0.6 is 11.6 Å². The van der Waals surface area contributed by atoms with E-state index >= 15 is 0 Å². The van der Waals surface area contributed by atoms with Crippen LogP contribution in [-0.2, 0) is 7.05 Å². The van der Waals surface area contributed by atoms with Crippen molar-refractivity contribution in [3.05, 3.63) is 47.9 Å². The Morgan fingerprint density at radius 1 is 1.35 bits per heavy atom. The molecule has 0 spiro atoms. The lowest BCUT2D eigenvalue weighted by atomic mass is 10.1. The van der Waals surface area contributed by atoms with E-state index in [4.69, 9.17) is 17.1 Å². The number of hydrogen-bond donors (Lipinski definition) is 0. The Kier molecular flexibility index (Phi) is 1.54. The van der Waals surface area contributed by atoms with E-state index < -0.39 is 0 Å². The van der Waals surface area contributed by atoms with Gasteiger partial charge >= 0.3 is 0 Å². The van der Waals surface area contributed by atoms with E-state index in [2.05, 4.69) is 9.97 Å². The summed E-state index contributed by atoms with van der Waals surface area (Å²) in [5.41, 5.74) is 1.56. The lowest BCUT2D eigenvalue weighted by molar-refractivity contribution is 0.969. The van der Waals surface area contributed by atoms with Crippen molar-refractivity contribution in [2.75, 3.05) is 0 Å². The van der Waals surface area contributed by atoms with Crippen LogP contribution in [-0.4, -0.2) is 14.5 Å². The van der Waals surface area contributed by atoms with Gasteiger partial charge < -0.3 is 4.57 Å². The highest BCUT2D eigenvalue weighted by molar-refractivity contribution is 6.28. The van der Waals surface area contributed by atoms with Gasteiger partial charge in [-0.05, 0) is 23.7 Å². The maximum absolute atomic E-state index is 8.10. The standard InChI is InChI=1S/C13H10ClN3/c1-17-8-10(9-4-2-3-5-12(9)17)11-6-7-15-13(14)16-11/h2-8H,1H3/i2D,3D,4D,5D. The van der Waals surface area contributed by atoms with Crippen LogP contribution < -0.4 is 0 Å². The third-order valence-corrected chi connectivity index (χ3v) is 2.70. The average Bonchev–Trinajstić information content (AvgIpc) is 2.80. The van der Waals surface area contributed by atoms with Gasteiger partial charge in [-0.1, -0.05) is 18.1 Å². The number of rotatable bonds is 1. The van der Waals surface area contributed by atoms with Gasteiger partial charge in [-0.2, -0.15) is 0 Å². The van der Waals surface area contributed by atoms with E-state index in [9.17, 15) is 0 Å². The highest BCUT2D eigenvalue weighted by Crippen LogP contribution is 2.28. The second kappa shape index (κ2) is 3.86. The first kappa shape index (κ1) is 6.77. The predicted octanol–water partition coefficient (Wildman–Crippen LogP) is 3.29. The van der Waals surface area contributed by atoms with Crippen LogP contribution in [0.4, 0.5) is 0 Å². The summed E-state index contributed by atoms with van der Waals surface area (Å²) >= 11 is 5.80. The van der Waals surface area contributed by atoms with Crippen molar-refractivity contribution >= 4 is 22.5 Å². The SMILES string of the molecule is [2H]c1c([2H])c([2H])c2c(c(-c3ccnc(Cl)n3)cn2C)c1[2H]. The van der Waals surface area contributed by atoms with Gasteiger partial charge in [0.1, 0.15) is 0 Å². The molecular weight excluding hydrogens is 234 g/mol. The van der Waals surface area contributed by atoms with Crippen molar-refractivity contribution in [1.82, 2.24) is 14.5 Å². The largest absolute Gasteiger partial charge is 0.350 e. The van der Waals surface area contributed by atoms with Crippen molar-refractivity contribution in [2.24, 2.45) is 7.05 Å². The molecule has 4 heteroatoms. The number of nitrogens with zero attached hydrogens (tertiary/aromatic N) is 3. The van der Waals surface area contributed by atoms with Crippen LogP contribution in [0.25, 0.3) is 22.2 Å². The summed E-state index contributed by atoms with van der Waals surface area (Å²) in [4.78, 5) is 7.94. The molecule has 0 N–H and O–H groups in total. The molecule has 0 saturated heterocycles. The monoisotopic (exact) mass is 247 g/mol. The summed E-state index contributed by atoms with van der Waals surface area (Å²) in [7, 11) is 1.73. The zero-order chi connectivity index (χ0) is 15.3. The first-order chi connectivity index (χ1) is 9.91. The topological polar surface area (TPSA) is 30.7 Å². The third-order valence-electron chi connectivity index (χ3n) is 2.51. The van der Waals surface area contributed by atoms with Crippen molar-refractivity contribution in [3.63, 3.8) is 0 Å². The number of aryl methyl sites for hydroxylation is 1. The average molecular weight is 248 g/mol. The maximum Gasteiger partial charge on any atom is 0.222 e. The van der Waals surface area contributed by atoms with Gasteiger partial charge in [0.05, 0.1) is 11.2 Å². The lowest BCUT2D eigenvalue weighted by Crippen LogP contribution is -1.85. The molecule has 2 aromatic heterocycles. The van der Waals surface area contributed by atoms with Gasteiger partial charge in [0, 0.05) is 35.9 Å². The number of halogens is 1. The highest BCUT2D eigenvalue weighted by Gasteiger charge is 2.09. The fourth-order valence-corrected chi connectivity index (χ4v) is 1.91. The fraction of sp³-hybridized carbons (Fsp3) is 0.0769. The Balaban J connectivity index is 2.46. The summed E-state index contributed by atoms with van der Waals surface area (Å²) in [6.45, 7) is 0. The summed E-state index contributed by atoms with van der Waals surface area (Å²) in [6.07, 6.45) is 3.23. The fourth-order valence-electron chi connectivity index (χ4n) is 1.77. The number of benzene rings is 1. The van der Waals surface area contributed by atoms with Gasteiger partial charge in [-0.25, -0.2) is 9.97 Å². The first-order valence-corrected chi connectivity index (χ1v) is 5.34. The number of hydrogen-bond acceptors (Lipinski definition) is 2. The predicted molar refractivity (Wildman–Crippen MR) is 69.0 cm³/mol. The minimum atomic E-state index is -0.264. The minimum Gasteiger partial charge on any atom is -0.350 e. The van der Waals surface area contributed by atoms with Crippen LogP contribution in [0.3, 0.4) is 0 Å². The molecule has 0 fully saturated rings. The highest BCUT2D eigenvalue weighted by atomic mass is 35.5. The molecule has 0 amide bonds. The summed E-state index contributed by atoms with van der Waals surface area (Å²) in [5.74, 6) is 0. The van der Waals surface area contributed by atoms with E-state index in [1.807, 2.05) is 0 Å². The van der Waals surface area contributed by atoms with Crippen LogP contribution in [0.15, 0.2) is 42.6 Å². The molecular formula is C13H10ClN3. The summed E-state index contributed by atoms with van der Waals surface area (Å²) in [6, 6.07) is 0.986. The molecule has 2 heterocycles. The van der Waals surface area contributed by atoms with Crippen LogP contribution in [0.1, 0.15) is 5.48 Å². The van der Waals surface area contributed by atoms with Crippen LogP contribution in [0.5, 0.6) is 0 Å². The Hall–Kier alpha value is -1.87. The van der Waals surface area contributed by atoms with E-state index in [-0.39, 0.29) is 29.5 Å². The number of aromatic nitrogens is 3. The molecule has 84 valence electrons. The molecule has 0 atom stereocenters.